The number of ether oxygens (including phenoxy) is 1. The summed E-state index contributed by atoms with van der Waals surface area (Å²) < 4.78 is 11.1. The van der Waals surface area contributed by atoms with Crippen LogP contribution in [0.25, 0.3) is 0 Å². The smallest absolute Gasteiger partial charge is 0.248 e. The van der Waals surface area contributed by atoms with Crippen molar-refractivity contribution in [3.63, 3.8) is 0 Å². The number of likely N-dealkylation sites (tertiary alicyclic amines) is 1. The van der Waals surface area contributed by atoms with Crippen molar-refractivity contribution in [3.8, 4) is 0 Å². The van der Waals surface area contributed by atoms with E-state index in [1.54, 1.807) is 23.9 Å². The summed E-state index contributed by atoms with van der Waals surface area (Å²) >= 11 is 0. The molecule has 0 N–H and O–H groups in total. The van der Waals surface area contributed by atoms with Crippen LogP contribution in [0.3, 0.4) is 0 Å². The fourth-order valence-corrected chi connectivity index (χ4v) is 4.62. The van der Waals surface area contributed by atoms with Crippen molar-refractivity contribution >= 4 is 11.8 Å². The van der Waals surface area contributed by atoms with Gasteiger partial charge in [0.2, 0.25) is 11.8 Å². The van der Waals surface area contributed by atoms with Crippen LogP contribution in [0, 0.1) is 5.41 Å². The van der Waals surface area contributed by atoms with Crippen molar-refractivity contribution in [1.82, 2.24) is 15.0 Å². The van der Waals surface area contributed by atoms with Gasteiger partial charge in [0.05, 0.1) is 17.2 Å². The van der Waals surface area contributed by atoms with Crippen molar-refractivity contribution in [1.29, 1.82) is 0 Å². The van der Waals surface area contributed by atoms with E-state index in [1.807, 2.05) is 19.9 Å². The second-order valence-corrected chi connectivity index (χ2v) is 9.13. The molecule has 3 rings (SSSR count). The van der Waals surface area contributed by atoms with Crippen LogP contribution in [0.15, 0.2) is 10.6 Å². The van der Waals surface area contributed by atoms with Gasteiger partial charge in [-0.05, 0) is 33.1 Å². The Balaban J connectivity index is 1.72. The zero-order valence-corrected chi connectivity index (χ0v) is 18.3. The van der Waals surface area contributed by atoms with Crippen LogP contribution in [-0.2, 0) is 20.7 Å². The predicted octanol–water partition coefficient (Wildman–Crippen LogP) is 3.00. The van der Waals surface area contributed by atoms with Crippen LogP contribution in [0.5, 0.6) is 0 Å². The number of aromatic nitrogens is 1. The first-order chi connectivity index (χ1) is 13.8. The van der Waals surface area contributed by atoms with Gasteiger partial charge >= 0.3 is 0 Å². The third-order valence-electron chi connectivity index (χ3n) is 6.22. The van der Waals surface area contributed by atoms with Gasteiger partial charge in [0.15, 0.2) is 0 Å². The Labute approximate surface area is 173 Å². The molecule has 1 saturated carbocycles. The lowest BCUT2D eigenvalue weighted by molar-refractivity contribution is -0.141. The molecule has 2 fully saturated rings. The molecule has 29 heavy (non-hydrogen) atoms. The Morgan fingerprint density at radius 2 is 2.03 bits per heavy atom. The summed E-state index contributed by atoms with van der Waals surface area (Å²) in [5, 5.41) is 4.32. The molecular weight excluding hydrogens is 370 g/mol. The first-order valence-electron chi connectivity index (χ1n) is 10.9. The van der Waals surface area contributed by atoms with E-state index in [0.29, 0.717) is 31.8 Å². The maximum Gasteiger partial charge on any atom is 0.248 e. The van der Waals surface area contributed by atoms with E-state index >= 15 is 0 Å². The first kappa shape index (κ1) is 21.8. The number of hydrogen-bond acceptors (Lipinski definition) is 5. The maximum atomic E-state index is 13.1. The van der Waals surface area contributed by atoms with Crippen LogP contribution >= 0.6 is 0 Å². The summed E-state index contributed by atoms with van der Waals surface area (Å²) in [4.78, 5) is 29.0. The van der Waals surface area contributed by atoms with Crippen LogP contribution in [0.1, 0.15) is 69.7 Å². The van der Waals surface area contributed by atoms with Gasteiger partial charge in [-0.25, -0.2) is 0 Å². The van der Waals surface area contributed by atoms with Crippen LogP contribution in [0.2, 0.25) is 0 Å². The van der Waals surface area contributed by atoms with E-state index in [-0.39, 0.29) is 24.5 Å². The average molecular weight is 406 g/mol. The molecule has 0 spiro atoms. The Hall–Kier alpha value is -1.89. The lowest BCUT2D eigenvalue weighted by atomic mass is 9.80. The summed E-state index contributed by atoms with van der Waals surface area (Å²) in [6.07, 6.45) is 7.19. The van der Waals surface area contributed by atoms with Gasteiger partial charge in [-0.3, -0.25) is 9.59 Å². The Morgan fingerprint density at radius 3 is 2.69 bits per heavy atom. The maximum absolute atomic E-state index is 13.1. The van der Waals surface area contributed by atoms with Gasteiger partial charge in [0, 0.05) is 45.6 Å². The summed E-state index contributed by atoms with van der Waals surface area (Å²) in [5.74, 6) is 1.19. The number of rotatable bonds is 7. The molecule has 7 nitrogen and oxygen atoms in total. The summed E-state index contributed by atoms with van der Waals surface area (Å²) in [6, 6.07) is 2.03. The average Bonchev–Trinajstić information content (AvgIpc) is 3.34. The second kappa shape index (κ2) is 9.28. The zero-order valence-electron chi connectivity index (χ0n) is 18.3. The van der Waals surface area contributed by atoms with Crippen molar-refractivity contribution < 1.29 is 18.8 Å². The summed E-state index contributed by atoms with van der Waals surface area (Å²) in [7, 11) is 3.54. The lowest BCUT2D eigenvalue weighted by Gasteiger charge is -2.30. The minimum atomic E-state index is -0.666. The third-order valence-corrected chi connectivity index (χ3v) is 6.22. The molecule has 162 valence electrons. The van der Waals surface area contributed by atoms with Crippen LogP contribution in [0.4, 0.5) is 0 Å². The van der Waals surface area contributed by atoms with Gasteiger partial charge in [-0.2, -0.15) is 0 Å². The summed E-state index contributed by atoms with van der Waals surface area (Å²) in [6.45, 7) is 4.82. The highest BCUT2D eigenvalue weighted by atomic mass is 16.5. The fourth-order valence-electron chi connectivity index (χ4n) is 4.62. The Kier molecular flexibility index (Phi) is 6.98. The molecule has 2 aliphatic rings. The molecule has 1 aliphatic carbocycles. The van der Waals surface area contributed by atoms with E-state index in [9.17, 15) is 9.59 Å². The molecule has 1 aromatic rings. The van der Waals surface area contributed by atoms with Crippen molar-refractivity contribution in [2.24, 2.45) is 5.41 Å². The Bertz CT molecular complexity index is 709. The molecule has 0 aromatic carbocycles. The van der Waals surface area contributed by atoms with Crippen LogP contribution in [-0.4, -0.2) is 66.7 Å². The first-order valence-corrected chi connectivity index (χ1v) is 10.9. The van der Waals surface area contributed by atoms with E-state index < -0.39 is 5.41 Å². The molecular formula is C22H35N3O4. The number of carbonyl (C=O) groups excluding carboxylic acids is 2. The van der Waals surface area contributed by atoms with E-state index in [1.165, 1.54) is 19.3 Å². The standard InChI is InChI=1S/C22H35N3O4/c1-16(2)28-14-20(26)25-11-10-22(15-25,21(27)24(3)4)13-18-12-19(23-29-18)17-8-6-5-7-9-17/h12,16-17H,5-11,13-15H2,1-4H3/t22-/m1/s1. The van der Waals surface area contributed by atoms with Gasteiger partial charge in [0.1, 0.15) is 12.4 Å². The topological polar surface area (TPSA) is 75.9 Å². The van der Waals surface area contributed by atoms with Gasteiger partial charge < -0.3 is 19.1 Å². The SMILES string of the molecule is CC(C)OCC(=O)N1CC[C@](Cc2cc(C3CCCCC3)no2)(C(=O)N(C)C)C1. The van der Waals surface area contributed by atoms with Gasteiger partial charge in [-0.1, -0.05) is 24.4 Å². The molecule has 1 atom stereocenters. The molecule has 1 aromatic heterocycles. The number of carbonyl (C=O) groups is 2. The van der Waals surface area contributed by atoms with Crippen molar-refractivity contribution in [2.75, 3.05) is 33.8 Å². The predicted molar refractivity (Wildman–Crippen MR) is 109 cm³/mol. The van der Waals surface area contributed by atoms with E-state index in [0.717, 1.165) is 24.3 Å². The van der Waals surface area contributed by atoms with Gasteiger partial charge in [0.25, 0.3) is 0 Å². The quantitative estimate of drug-likeness (QED) is 0.697. The molecule has 7 heteroatoms. The Morgan fingerprint density at radius 1 is 1.31 bits per heavy atom. The summed E-state index contributed by atoms with van der Waals surface area (Å²) in [5.41, 5.74) is 0.351. The van der Waals surface area contributed by atoms with E-state index in [2.05, 4.69) is 5.16 Å². The molecule has 0 bridgehead atoms. The normalized spacial score (nSPS) is 23.0. The highest BCUT2D eigenvalue weighted by Crippen LogP contribution is 2.38. The lowest BCUT2D eigenvalue weighted by Crippen LogP contribution is -2.45. The number of hydrogen-bond donors (Lipinski definition) is 0. The van der Waals surface area contributed by atoms with E-state index in [4.69, 9.17) is 9.26 Å². The number of amides is 2. The zero-order chi connectivity index (χ0) is 21.0. The highest BCUT2D eigenvalue weighted by molar-refractivity contribution is 5.85. The molecule has 0 unspecified atom stereocenters. The minimum Gasteiger partial charge on any atom is -0.369 e. The van der Waals surface area contributed by atoms with Crippen molar-refractivity contribution in [2.45, 2.75) is 70.8 Å². The molecule has 1 saturated heterocycles. The number of nitrogens with zero attached hydrogens (tertiary/aromatic N) is 3. The largest absolute Gasteiger partial charge is 0.369 e. The van der Waals surface area contributed by atoms with Crippen LogP contribution < -0.4 is 0 Å². The monoisotopic (exact) mass is 405 g/mol. The third kappa shape index (κ3) is 5.18. The molecule has 0 radical (unpaired) electrons. The van der Waals surface area contributed by atoms with Crippen molar-refractivity contribution in [3.05, 3.63) is 17.5 Å². The molecule has 1 aliphatic heterocycles. The fraction of sp³-hybridized carbons (Fsp3) is 0.773. The molecule has 2 amide bonds. The second-order valence-electron chi connectivity index (χ2n) is 9.13. The minimum absolute atomic E-state index is 0.00196. The molecule has 2 heterocycles. The highest BCUT2D eigenvalue weighted by Gasteiger charge is 2.47. The van der Waals surface area contributed by atoms with Gasteiger partial charge in [-0.15, -0.1) is 0 Å².